The van der Waals surface area contributed by atoms with Crippen molar-refractivity contribution in [3.63, 3.8) is 0 Å². The Labute approximate surface area is 265 Å². The summed E-state index contributed by atoms with van der Waals surface area (Å²) in [6.45, 7) is 8.58. The number of carbonyl (C=O) groups is 5. The molecule has 6 atom stereocenters. The summed E-state index contributed by atoms with van der Waals surface area (Å²) in [4.78, 5) is 70.5. The fourth-order valence-corrected chi connectivity index (χ4v) is 9.10. The van der Waals surface area contributed by atoms with Crippen LogP contribution in [0.4, 0.5) is 0 Å². The standard InChI is InChI=1S/C29H41N9O6S/c1-16(11-19(39)14-37-15-32-33-34-37)22-23-17(2)25(24(29(43)44)38(23)28(22)42)45-20-12-21(31-13-20)27(41)35-7-3-18(4-8-35)26(40)36-9-5-30-6-10-36/h15-18,20-23,30-31H,3-14H2,1-2H3,(H,43,44)/t16-,17+,20-,21-,22+,23+/m0/s1. The lowest BCUT2D eigenvalue weighted by Crippen LogP contribution is -2.62. The highest BCUT2D eigenvalue weighted by Gasteiger charge is 2.60. The van der Waals surface area contributed by atoms with E-state index in [4.69, 9.17) is 0 Å². The van der Waals surface area contributed by atoms with Gasteiger partial charge < -0.3 is 30.4 Å². The molecule has 244 valence electrons. The molecule has 16 heteroatoms. The quantitative estimate of drug-likeness (QED) is 0.270. The van der Waals surface area contributed by atoms with Crippen LogP contribution >= 0.6 is 11.8 Å². The predicted molar refractivity (Wildman–Crippen MR) is 161 cm³/mol. The van der Waals surface area contributed by atoms with Gasteiger partial charge in [-0.25, -0.2) is 9.48 Å². The first kappa shape index (κ1) is 31.6. The first-order valence-corrected chi connectivity index (χ1v) is 16.7. The van der Waals surface area contributed by atoms with Gasteiger partial charge in [-0.05, 0) is 35.6 Å². The van der Waals surface area contributed by atoms with Gasteiger partial charge in [-0.1, -0.05) is 13.8 Å². The number of rotatable bonds is 10. The molecule has 1 aromatic rings. The molecule has 3 N–H and O–H groups in total. The third kappa shape index (κ3) is 6.23. The number of aliphatic carboxylic acids is 1. The number of ketones is 1. The lowest BCUT2D eigenvalue weighted by molar-refractivity contribution is -0.160. The molecule has 5 aliphatic rings. The van der Waals surface area contributed by atoms with Crippen LogP contribution in [0.15, 0.2) is 16.9 Å². The monoisotopic (exact) mass is 643 g/mol. The lowest BCUT2D eigenvalue weighted by atomic mass is 9.73. The minimum absolute atomic E-state index is 0.0170. The third-order valence-corrected chi connectivity index (χ3v) is 11.5. The van der Waals surface area contributed by atoms with Crippen molar-refractivity contribution < 1.29 is 29.1 Å². The fourth-order valence-electron chi connectivity index (χ4n) is 7.62. The Balaban J connectivity index is 1.03. The van der Waals surface area contributed by atoms with E-state index in [1.54, 1.807) is 0 Å². The number of carboxylic acids is 1. The molecule has 15 nitrogen and oxygen atoms in total. The van der Waals surface area contributed by atoms with E-state index in [-0.39, 0.29) is 77.3 Å². The number of fused-ring (bicyclic) bond motifs is 1. The number of hydrogen-bond acceptors (Lipinski definition) is 11. The van der Waals surface area contributed by atoms with Gasteiger partial charge in [-0.15, -0.1) is 16.9 Å². The number of hydrogen-bond donors (Lipinski definition) is 3. The molecule has 6 heterocycles. The highest BCUT2D eigenvalue weighted by Crippen LogP contribution is 2.53. The largest absolute Gasteiger partial charge is 0.477 e. The second-order valence-corrected chi connectivity index (χ2v) is 14.2. The topological polar surface area (TPSA) is 183 Å². The average Bonchev–Trinajstić information content (AvgIpc) is 3.77. The van der Waals surface area contributed by atoms with E-state index in [2.05, 4.69) is 26.2 Å². The van der Waals surface area contributed by atoms with Gasteiger partial charge in [0.05, 0.1) is 18.0 Å². The first-order valence-electron chi connectivity index (χ1n) is 15.8. The zero-order valence-electron chi connectivity index (χ0n) is 25.6. The SMILES string of the molecule is C[C@@H](CC(=O)Cn1cnnn1)[C@H]1C(=O)N2C(C(=O)O)=C(S[C@@H]3CN[C@H](C(=O)N4CCC(C(=O)N5CCNCC5)CC4)C3)[C@H](C)[C@H]12. The van der Waals surface area contributed by atoms with Crippen molar-refractivity contribution in [2.24, 2.45) is 23.7 Å². The first-order chi connectivity index (χ1) is 21.6. The number of nitrogens with one attached hydrogen (secondary N) is 2. The predicted octanol–water partition coefficient (Wildman–Crippen LogP) is -0.825. The van der Waals surface area contributed by atoms with Crippen LogP contribution in [0.25, 0.3) is 0 Å². The van der Waals surface area contributed by atoms with E-state index < -0.39 is 11.9 Å². The molecular weight excluding hydrogens is 602 g/mol. The Morgan fingerprint density at radius 1 is 1.09 bits per heavy atom. The third-order valence-electron chi connectivity index (χ3n) is 9.95. The van der Waals surface area contributed by atoms with E-state index in [0.717, 1.165) is 26.2 Å². The van der Waals surface area contributed by atoms with E-state index in [1.807, 2.05) is 23.6 Å². The number of piperidine rings is 1. The van der Waals surface area contributed by atoms with Crippen LogP contribution in [-0.2, 0) is 30.5 Å². The number of nitrogens with zero attached hydrogens (tertiary/aromatic N) is 7. The van der Waals surface area contributed by atoms with Crippen LogP contribution in [0.5, 0.6) is 0 Å². The molecule has 0 unspecified atom stereocenters. The summed E-state index contributed by atoms with van der Waals surface area (Å²) < 4.78 is 1.34. The second kappa shape index (κ2) is 13.2. The van der Waals surface area contributed by atoms with Crippen molar-refractivity contribution >= 4 is 41.2 Å². The molecule has 0 spiro atoms. The van der Waals surface area contributed by atoms with Gasteiger partial charge in [0.25, 0.3) is 0 Å². The number of Topliss-reactive ketones (excluding diaryl/α,β-unsaturated/α-hetero) is 1. The lowest BCUT2D eigenvalue weighted by Gasteiger charge is -2.47. The Kier molecular flexibility index (Phi) is 9.24. The van der Waals surface area contributed by atoms with Crippen molar-refractivity contribution in [2.45, 2.75) is 63.4 Å². The highest BCUT2D eigenvalue weighted by atomic mass is 32.2. The summed E-state index contributed by atoms with van der Waals surface area (Å²) in [5, 5.41) is 27.5. The summed E-state index contributed by atoms with van der Waals surface area (Å²) in [5.41, 5.74) is 0.0250. The zero-order valence-corrected chi connectivity index (χ0v) is 26.4. The Bertz CT molecular complexity index is 1360. The summed E-state index contributed by atoms with van der Waals surface area (Å²) in [6.07, 6.45) is 3.41. The smallest absolute Gasteiger partial charge is 0.353 e. The Morgan fingerprint density at radius 2 is 1.80 bits per heavy atom. The van der Waals surface area contributed by atoms with Gasteiger partial charge in [0.1, 0.15) is 18.6 Å². The summed E-state index contributed by atoms with van der Waals surface area (Å²) >= 11 is 1.45. The zero-order chi connectivity index (χ0) is 31.8. The molecule has 0 aromatic carbocycles. The van der Waals surface area contributed by atoms with Crippen LogP contribution in [0, 0.1) is 23.7 Å². The van der Waals surface area contributed by atoms with Crippen LogP contribution in [-0.4, -0.2) is 133 Å². The number of likely N-dealkylation sites (tertiary alicyclic amines) is 1. The van der Waals surface area contributed by atoms with Crippen LogP contribution < -0.4 is 10.6 Å². The summed E-state index contributed by atoms with van der Waals surface area (Å²) in [5.74, 6) is -2.25. The molecule has 4 fully saturated rings. The summed E-state index contributed by atoms with van der Waals surface area (Å²) in [7, 11) is 0. The Hall–Kier alpha value is -3.37. The molecule has 0 aliphatic carbocycles. The number of β-lactam (4-membered cyclic amide) rings is 1. The van der Waals surface area contributed by atoms with Crippen LogP contribution in [0.1, 0.15) is 39.5 Å². The molecule has 1 aromatic heterocycles. The van der Waals surface area contributed by atoms with E-state index >= 15 is 0 Å². The molecular formula is C29H41N9O6S. The number of amides is 3. The number of tetrazole rings is 1. The van der Waals surface area contributed by atoms with E-state index in [9.17, 15) is 29.1 Å². The van der Waals surface area contributed by atoms with E-state index in [1.165, 1.54) is 27.7 Å². The van der Waals surface area contributed by atoms with Gasteiger partial charge in [0.15, 0.2) is 5.78 Å². The molecule has 0 radical (unpaired) electrons. The molecule has 3 amide bonds. The molecule has 5 aliphatic heterocycles. The molecule has 4 saturated heterocycles. The number of piperazine rings is 1. The number of thioether (sulfide) groups is 1. The maximum absolute atomic E-state index is 13.4. The molecule has 0 saturated carbocycles. The van der Waals surface area contributed by atoms with Crippen molar-refractivity contribution in [3.05, 3.63) is 16.9 Å². The molecule has 45 heavy (non-hydrogen) atoms. The maximum atomic E-state index is 13.4. The number of carbonyl (C=O) groups excluding carboxylic acids is 4. The van der Waals surface area contributed by atoms with Crippen LogP contribution in [0.3, 0.4) is 0 Å². The van der Waals surface area contributed by atoms with Crippen molar-refractivity contribution in [1.29, 1.82) is 0 Å². The normalized spacial score (nSPS) is 29.5. The van der Waals surface area contributed by atoms with Gasteiger partial charge in [-0.2, -0.15) is 0 Å². The maximum Gasteiger partial charge on any atom is 0.353 e. The number of carboxylic acid groups (broad SMARTS) is 1. The fraction of sp³-hybridized carbons (Fsp3) is 0.724. The minimum atomic E-state index is -1.14. The van der Waals surface area contributed by atoms with Gasteiger partial charge in [0.2, 0.25) is 17.7 Å². The van der Waals surface area contributed by atoms with Crippen molar-refractivity contribution in [3.8, 4) is 0 Å². The van der Waals surface area contributed by atoms with Crippen molar-refractivity contribution in [2.75, 3.05) is 45.8 Å². The minimum Gasteiger partial charge on any atom is -0.477 e. The molecule has 0 bridgehead atoms. The Morgan fingerprint density at radius 3 is 2.47 bits per heavy atom. The highest BCUT2D eigenvalue weighted by molar-refractivity contribution is 8.03. The van der Waals surface area contributed by atoms with Crippen LogP contribution in [0.2, 0.25) is 0 Å². The van der Waals surface area contributed by atoms with Gasteiger partial charge in [-0.3, -0.25) is 19.2 Å². The number of aromatic nitrogens is 4. The molecule has 6 rings (SSSR count). The van der Waals surface area contributed by atoms with Gasteiger partial charge in [0, 0.05) is 74.2 Å². The average molecular weight is 644 g/mol. The van der Waals surface area contributed by atoms with Crippen molar-refractivity contribution in [1.82, 2.24) is 45.5 Å². The second-order valence-electron chi connectivity index (χ2n) is 12.9. The summed E-state index contributed by atoms with van der Waals surface area (Å²) in [6, 6.07) is -0.690. The van der Waals surface area contributed by atoms with Gasteiger partial charge >= 0.3 is 5.97 Å². The van der Waals surface area contributed by atoms with E-state index in [0.29, 0.717) is 43.8 Å².